The number of hydrogen-bond acceptors (Lipinski definition) is 6. The fourth-order valence-corrected chi connectivity index (χ4v) is 5.77. The number of fused-ring (bicyclic) bond motifs is 5. The lowest BCUT2D eigenvalue weighted by Crippen LogP contribution is -2.34. The van der Waals surface area contributed by atoms with Gasteiger partial charge < -0.3 is 20.1 Å². The normalized spacial score (nSPS) is 20.5. The molecule has 0 aliphatic carbocycles. The molecule has 0 radical (unpaired) electrons. The molecule has 2 atom stereocenters. The van der Waals surface area contributed by atoms with Crippen LogP contribution in [0.2, 0.25) is 0 Å². The van der Waals surface area contributed by atoms with Gasteiger partial charge in [0.05, 0.1) is 30.8 Å². The molecule has 35 heavy (non-hydrogen) atoms. The smallest absolute Gasteiger partial charge is 0.218 e. The maximum atomic E-state index is 13.7. The Balaban J connectivity index is 1.25. The lowest BCUT2D eigenvalue weighted by atomic mass is 9.82. The third-order valence-electron chi connectivity index (χ3n) is 7.18. The number of nitrogens with zero attached hydrogens (tertiary/aromatic N) is 3. The second kappa shape index (κ2) is 8.00. The number of aromatic nitrogens is 3. The van der Waals surface area contributed by atoms with Crippen molar-refractivity contribution in [2.45, 2.75) is 18.9 Å². The van der Waals surface area contributed by atoms with Crippen molar-refractivity contribution in [3.63, 3.8) is 0 Å². The van der Waals surface area contributed by atoms with Gasteiger partial charge in [-0.15, -0.1) is 0 Å². The van der Waals surface area contributed by atoms with Gasteiger partial charge >= 0.3 is 0 Å². The Labute approximate surface area is 206 Å². The van der Waals surface area contributed by atoms with E-state index in [9.17, 15) is 4.39 Å². The van der Waals surface area contributed by atoms with Crippen molar-refractivity contribution in [3.8, 4) is 17.1 Å². The van der Waals surface area contributed by atoms with E-state index in [4.69, 9.17) is 26.7 Å². The van der Waals surface area contributed by atoms with Crippen LogP contribution in [0.3, 0.4) is 0 Å². The van der Waals surface area contributed by atoms with Gasteiger partial charge in [-0.05, 0) is 42.2 Å². The van der Waals surface area contributed by atoms with E-state index >= 15 is 0 Å². The number of hydrogen-bond donors (Lipinski definition) is 2. The standard InChI is InChI=1S/C26H22FN5O2S/c27-15-5-7-32-21(11-28-23(32)9-15)17-1-3-20(24-19(17)10-29-26(24)35)30-22-4-2-18-16-6-8-33-12-14(16)13-34-25(18)31-22/h1-5,7,9,11,14,16H,6,8,10,12-13H2,(H,29,35)(H,30,31)/t14-,16-/m0/s1. The number of pyridine rings is 2. The monoisotopic (exact) mass is 487 g/mol. The minimum atomic E-state index is -0.309. The Morgan fingerprint density at radius 1 is 1.17 bits per heavy atom. The Hall–Kier alpha value is -3.56. The van der Waals surface area contributed by atoms with Crippen LogP contribution >= 0.6 is 12.2 Å². The number of nitrogens with one attached hydrogen (secondary N) is 2. The van der Waals surface area contributed by atoms with E-state index in [0.29, 0.717) is 47.3 Å². The first kappa shape index (κ1) is 20.8. The molecule has 0 amide bonds. The van der Waals surface area contributed by atoms with E-state index in [1.807, 2.05) is 22.6 Å². The summed E-state index contributed by atoms with van der Waals surface area (Å²) in [5, 5.41) is 6.76. The van der Waals surface area contributed by atoms with Crippen LogP contribution in [0.4, 0.5) is 15.9 Å². The van der Waals surface area contributed by atoms with Crippen molar-refractivity contribution in [1.29, 1.82) is 0 Å². The molecule has 0 unspecified atom stereocenters. The first-order chi connectivity index (χ1) is 17.2. The zero-order valence-corrected chi connectivity index (χ0v) is 19.6. The van der Waals surface area contributed by atoms with E-state index in [-0.39, 0.29) is 5.82 Å². The highest BCUT2D eigenvalue weighted by molar-refractivity contribution is 7.80. The molecule has 2 N–H and O–H groups in total. The molecule has 0 saturated carbocycles. The molecule has 1 aromatic carbocycles. The maximum Gasteiger partial charge on any atom is 0.218 e. The topological polar surface area (TPSA) is 72.7 Å². The molecule has 1 fully saturated rings. The van der Waals surface area contributed by atoms with E-state index in [0.717, 1.165) is 53.3 Å². The van der Waals surface area contributed by atoms with Gasteiger partial charge in [0.1, 0.15) is 22.3 Å². The molecule has 3 aromatic heterocycles. The highest BCUT2D eigenvalue weighted by atomic mass is 32.1. The molecule has 0 bridgehead atoms. The number of anilines is 2. The van der Waals surface area contributed by atoms with E-state index in [1.165, 1.54) is 12.1 Å². The molecule has 7 rings (SSSR count). The SMILES string of the molecule is Fc1ccn2c(-c3ccc(Nc4ccc5c(n4)OC[C@@H]4COCC[C@H]54)c4c3CNC4=S)cnc2c1. The van der Waals surface area contributed by atoms with Gasteiger partial charge in [0.2, 0.25) is 5.88 Å². The molecule has 3 aliphatic rings. The third-order valence-corrected chi connectivity index (χ3v) is 7.53. The number of rotatable bonds is 3. The predicted octanol–water partition coefficient (Wildman–Crippen LogP) is 4.57. The fraction of sp³-hybridized carbons (Fsp3) is 0.269. The summed E-state index contributed by atoms with van der Waals surface area (Å²) in [5.41, 5.74) is 6.52. The quantitative estimate of drug-likeness (QED) is 0.410. The molecule has 176 valence electrons. The summed E-state index contributed by atoms with van der Waals surface area (Å²) in [5.74, 6) is 1.94. The lowest BCUT2D eigenvalue weighted by Gasteiger charge is -2.36. The summed E-state index contributed by atoms with van der Waals surface area (Å²) in [4.78, 5) is 9.85. The van der Waals surface area contributed by atoms with Gasteiger partial charge in [0, 0.05) is 48.0 Å². The molecule has 1 saturated heterocycles. The molecule has 6 heterocycles. The van der Waals surface area contributed by atoms with E-state index in [2.05, 4.69) is 21.7 Å². The largest absolute Gasteiger partial charge is 0.477 e. The Bertz CT molecular complexity index is 1500. The van der Waals surface area contributed by atoms with E-state index in [1.54, 1.807) is 12.4 Å². The fourth-order valence-electron chi connectivity index (χ4n) is 5.46. The van der Waals surface area contributed by atoms with Gasteiger partial charge in [-0.1, -0.05) is 18.3 Å². The van der Waals surface area contributed by atoms with Crippen LogP contribution in [0.15, 0.2) is 48.8 Å². The molecule has 9 heteroatoms. The Kier molecular flexibility index (Phi) is 4.75. The molecular weight excluding hydrogens is 465 g/mol. The van der Waals surface area contributed by atoms with Gasteiger partial charge in [0.25, 0.3) is 0 Å². The number of benzene rings is 1. The first-order valence-corrected chi connectivity index (χ1v) is 12.1. The average molecular weight is 488 g/mol. The zero-order valence-electron chi connectivity index (χ0n) is 18.8. The zero-order chi connectivity index (χ0) is 23.5. The van der Waals surface area contributed by atoms with Crippen molar-refractivity contribution in [2.75, 3.05) is 25.1 Å². The Morgan fingerprint density at radius 3 is 3.06 bits per heavy atom. The van der Waals surface area contributed by atoms with Crippen molar-refractivity contribution < 1.29 is 13.9 Å². The summed E-state index contributed by atoms with van der Waals surface area (Å²) >= 11 is 5.66. The Morgan fingerprint density at radius 2 is 2.11 bits per heavy atom. The van der Waals surface area contributed by atoms with Gasteiger partial charge in [-0.25, -0.2) is 9.37 Å². The maximum absolute atomic E-state index is 13.7. The summed E-state index contributed by atoms with van der Waals surface area (Å²) in [7, 11) is 0. The number of ether oxygens (including phenoxy) is 2. The van der Waals surface area contributed by atoms with Crippen LogP contribution in [0.25, 0.3) is 16.9 Å². The lowest BCUT2D eigenvalue weighted by molar-refractivity contribution is 0.00922. The summed E-state index contributed by atoms with van der Waals surface area (Å²) in [6, 6.07) is 11.0. The summed E-state index contributed by atoms with van der Waals surface area (Å²) in [6.45, 7) is 2.77. The average Bonchev–Trinajstić information content (AvgIpc) is 3.48. The minimum Gasteiger partial charge on any atom is -0.477 e. The van der Waals surface area contributed by atoms with Crippen molar-refractivity contribution >= 4 is 34.4 Å². The predicted molar refractivity (Wildman–Crippen MR) is 134 cm³/mol. The highest BCUT2D eigenvalue weighted by Gasteiger charge is 2.34. The molecule has 3 aliphatic heterocycles. The summed E-state index contributed by atoms with van der Waals surface area (Å²) < 4.78 is 27.2. The van der Waals surface area contributed by atoms with Crippen LogP contribution in [-0.4, -0.2) is 39.2 Å². The van der Waals surface area contributed by atoms with Gasteiger partial charge in [-0.2, -0.15) is 4.98 Å². The number of halogens is 1. The van der Waals surface area contributed by atoms with Crippen LogP contribution in [0, 0.1) is 11.7 Å². The molecule has 7 nitrogen and oxygen atoms in total. The van der Waals surface area contributed by atoms with Crippen LogP contribution in [0.1, 0.15) is 29.0 Å². The van der Waals surface area contributed by atoms with Crippen LogP contribution in [-0.2, 0) is 11.3 Å². The van der Waals surface area contributed by atoms with Gasteiger partial charge in [0.15, 0.2) is 0 Å². The first-order valence-electron chi connectivity index (χ1n) is 11.7. The van der Waals surface area contributed by atoms with E-state index < -0.39 is 0 Å². The molecule has 0 spiro atoms. The van der Waals surface area contributed by atoms with Gasteiger partial charge in [-0.3, -0.25) is 4.40 Å². The number of thiocarbonyl (C=S) groups is 1. The van der Waals surface area contributed by atoms with Crippen molar-refractivity contribution in [3.05, 3.63) is 71.3 Å². The van der Waals surface area contributed by atoms with Crippen LogP contribution < -0.4 is 15.4 Å². The second-order valence-corrected chi connectivity index (χ2v) is 9.58. The summed E-state index contributed by atoms with van der Waals surface area (Å²) in [6.07, 6.45) is 4.47. The number of imidazole rings is 1. The van der Waals surface area contributed by atoms with Crippen molar-refractivity contribution in [2.24, 2.45) is 5.92 Å². The van der Waals surface area contributed by atoms with Crippen molar-refractivity contribution in [1.82, 2.24) is 19.7 Å². The molecular formula is C26H22FN5O2S. The third kappa shape index (κ3) is 3.37. The molecule has 4 aromatic rings. The second-order valence-electron chi connectivity index (χ2n) is 9.17. The highest BCUT2D eigenvalue weighted by Crippen LogP contribution is 2.41. The minimum absolute atomic E-state index is 0.309. The van der Waals surface area contributed by atoms with Crippen LogP contribution in [0.5, 0.6) is 5.88 Å².